The van der Waals surface area contributed by atoms with Gasteiger partial charge in [-0.2, -0.15) is 0 Å². The average Bonchev–Trinajstić information content (AvgIpc) is 2.84. The number of nitrogens with one attached hydrogen (secondary N) is 3. The molecule has 0 radical (unpaired) electrons. The first kappa shape index (κ1) is 20.7. The van der Waals surface area contributed by atoms with Crippen LogP contribution in [-0.2, 0) is 6.54 Å². The van der Waals surface area contributed by atoms with E-state index in [9.17, 15) is 4.79 Å². The molecule has 2 heterocycles. The van der Waals surface area contributed by atoms with Gasteiger partial charge in [-0.05, 0) is 19.1 Å². The summed E-state index contributed by atoms with van der Waals surface area (Å²) in [6, 6.07) is 29.9. The summed E-state index contributed by atoms with van der Waals surface area (Å²) >= 11 is 0. The summed E-state index contributed by atoms with van der Waals surface area (Å²) in [6.07, 6.45) is 0. The van der Waals surface area contributed by atoms with Crippen LogP contribution in [-0.4, -0.2) is 31.2 Å². The van der Waals surface area contributed by atoms with Crippen LogP contribution in [0.1, 0.15) is 28.4 Å². The molecule has 3 aromatic carbocycles. The Labute approximate surface area is 189 Å². The van der Waals surface area contributed by atoms with E-state index < -0.39 is 0 Å². The van der Waals surface area contributed by atoms with Gasteiger partial charge in [0.15, 0.2) is 5.43 Å². The lowest BCUT2D eigenvalue weighted by atomic mass is 9.96. The van der Waals surface area contributed by atoms with Crippen molar-refractivity contribution in [2.24, 2.45) is 0 Å². The molecule has 0 saturated carbocycles. The van der Waals surface area contributed by atoms with E-state index in [1.54, 1.807) is 4.90 Å². The fourth-order valence-electron chi connectivity index (χ4n) is 5.21. The highest BCUT2D eigenvalue weighted by Gasteiger charge is 2.32. The number of aryl methyl sites for hydroxylation is 1. The van der Waals surface area contributed by atoms with Crippen LogP contribution < -0.4 is 15.2 Å². The van der Waals surface area contributed by atoms with Gasteiger partial charge in [0, 0.05) is 27.7 Å². The van der Waals surface area contributed by atoms with Crippen molar-refractivity contribution in [1.29, 1.82) is 0 Å². The molecule has 4 heteroatoms. The second-order valence-corrected chi connectivity index (χ2v) is 8.94. The fraction of sp³-hybridized carbons (Fsp3) is 0.250. The van der Waals surface area contributed by atoms with E-state index in [-0.39, 0.29) is 5.43 Å². The van der Waals surface area contributed by atoms with Gasteiger partial charge in [0.1, 0.15) is 38.8 Å². The van der Waals surface area contributed by atoms with Crippen LogP contribution in [0, 0.1) is 6.92 Å². The largest absolute Gasteiger partial charge is 0.358 e. The Morgan fingerprint density at radius 1 is 0.781 bits per heavy atom. The summed E-state index contributed by atoms with van der Waals surface area (Å²) < 4.78 is 0. The zero-order valence-corrected chi connectivity index (χ0v) is 18.6. The van der Waals surface area contributed by atoms with Crippen molar-refractivity contribution < 1.29 is 9.80 Å². The van der Waals surface area contributed by atoms with Crippen LogP contribution in [0.25, 0.3) is 10.9 Å². The van der Waals surface area contributed by atoms with Crippen LogP contribution in [0.5, 0.6) is 0 Å². The molecule has 1 aromatic heterocycles. The third kappa shape index (κ3) is 4.12. The number of quaternary nitrogens is 2. The van der Waals surface area contributed by atoms with E-state index in [2.05, 4.69) is 65.6 Å². The molecule has 0 amide bonds. The summed E-state index contributed by atoms with van der Waals surface area (Å²) in [5.74, 6) is 0. The molecule has 0 aliphatic carbocycles. The molecule has 4 nitrogen and oxygen atoms in total. The SMILES string of the molecule is Cc1[nH]c2ccccc2c(=O)c1C[NH+]1CC[NH+](C(c2ccccc2)c2ccccc2)CC1. The van der Waals surface area contributed by atoms with Crippen LogP contribution in [0.3, 0.4) is 0 Å². The summed E-state index contributed by atoms with van der Waals surface area (Å²) in [6.45, 7) is 7.14. The monoisotopic (exact) mass is 425 g/mol. The molecular formula is C28H31N3O+2. The molecular weight excluding hydrogens is 394 g/mol. The Hall–Kier alpha value is -3.21. The zero-order chi connectivity index (χ0) is 21.9. The van der Waals surface area contributed by atoms with Crippen LogP contribution in [0.15, 0.2) is 89.7 Å². The number of rotatable bonds is 5. The number of hydrogen-bond acceptors (Lipinski definition) is 1. The molecule has 0 unspecified atom stereocenters. The molecule has 0 spiro atoms. The Balaban J connectivity index is 1.35. The number of H-pyrrole nitrogens is 1. The quantitative estimate of drug-likeness (QED) is 0.449. The molecule has 1 aliphatic rings. The number of aromatic amines is 1. The molecule has 162 valence electrons. The van der Waals surface area contributed by atoms with Gasteiger partial charge in [0.25, 0.3) is 0 Å². The minimum Gasteiger partial charge on any atom is -0.358 e. The van der Waals surface area contributed by atoms with E-state index in [1.807, 2.05) is 31.2 Å². The van der Waals surface area contributed by atoms with Crippen molar-refractivity contribution in [3.63, 3.8) is 0 Å². The number of pyridine rings is 1. The summed E-state index contributed by atoms with van der Waals surface area (Å²) in [7, 11) is 0. The van der Waals surface area contributed by atoms with E-state index in [1.165, 1.54) is 16.0 Å². The molecule has 3 N–H and O–H groups in total. The summed E-state index contributed by atoms with van der Waals surface area (Å²) in [5, 5.41) is 0.796. The first-order valence-corrected chi connectivity index (χ1v) is 11.6. The molecule has 0 atom stereocenters. The number of para-hydroxylation sites is 1. The number of fused-ring (bicyclic) bond motifs is 1. The van der Waals surface area contributed by atoms with Gasteiger partial charge in [0.05, 0.1) is 5.56 Å². The Kier molecular flexibility index (Phi) is 5.89. The summed E-state index contributed by atoms with van der Waals surface area (Å²) in [4.78, 5) is 19.7. The maximum Gasteiger partial charge on any atom is 0.198 e. The van der Waals surface area contributed by atoms with Crippen molar-refractivity contribution in [1.82, 2.24) is 4.98 Å². The van der Waals surface area contributed by atoms with E-state index >= 15 is 0 Å². The fourth-order valence-corrected chi connectivity index (χ4v) is 5.21. The predicted octanol–water partition coefficient (Wildman–Crippen LogP) is 1.91. The van der Waals surface area contributed by atoms with Gasteiger partial charge in [-0.3, -0.25) is 4.79 Å². The van der Waals surface area contributed by atoms with Crippen molar-refractivity contribution in [3.05, 3.63) is 118 Å². The van der Waals surface area contributed by atoms with Gasteiger partial charge >= 0.3 is 0 Å². The van der Waals surface area contributed by atoms with E-state index in [0.29, 0.717) is 6.04 Å². The molecule has 1 saturated heterocycles. The second kappa shape index (κ2) is 9.11. The smallest absolute Gasteiger partial charge is 0.198 e. The molecule has 4 aromatic rings. The average molecular weight is 426 g/mol. The van der Waals surface area contributed by atoms with Gasteiger partial charge in [-0.1, -0.05) is 72.8 Å². The first-order chi connectivity index (χ1) is 15.7. The van der Waals surface area contributed by atoms with Crippen molar-refractivity contribution in [3.8, 4) is 0 Å². The maximum atomic E-state index is 13.1. The van der Waals surface area contributed by atoms with Gasteiger partial charge in [-0.25, -0.2) is 0 Å². The lowest BCUT2D eigenvalue weighted by Gasteiger charge is -2.35. The van der Waals surface area contributed by atoms with Crippen molar-refractivity contribution >= 4 is 10.9 Å². The summed E-state index contributed by atoms with van der Waals surface area (Å²) in [5.41, 5.74) is 5.80. The Bertz CT molecular complexity index is 1200. The number of hydrogen-bond donors (Lipinski definition) is 3. The molecule has 1 fully saturated rings. The van der Waals surface area contributed by atoms with Crippen LogP contribution >= 0.6 is 0 Å². The maximum absolute atomic E-state index is 13.1. The minimum atomic E-state index is 0.186. The molecule has 32 heavy (non-hydrogen) atoms. The Morgan fingerprint density at radius 2 is 1.34 bits per heavy atom. The predicted molar refractivity (Wildman–Crippen MR) is 129 cm³/mol. The lowest BCUT2D eigenvalue weighted by molar-refractivity contribution is -1.03. The molecule has 1 aliphatic heterocycles. The van der Waals surface area contributed by atoms with Crippen molar-refractivity contribution in [2.45, 2.75) is 19.5 Å². The van der Waals surface area contributed by atoms with Gasteiger partial charge in [0.2, 0.25) is 0 Å². The molecule has 0 bridgehead atoms. The zero-order valence-electron chi connectivity index (χ0n) is 18.6. The van der Waals surface area contributed by atoms with Gasteiger partial charge in [-0.15, -0.1) is 0 Å². The van der Waals surface area contributed by atoms with E-state index in [4.69, 9.17) is 0 Å². The lowest BCUT2D eigenvalue weighted by Crippen LogP contribution is -3.27. The number of benzene rings is 3. The van der Waals surface area contributed by atoms with E-state index in [0.717, 1.165) is 54.9 Å². The second-order valence-electron chi connectivity index (χ2n) is 8.94. The topological polar surface area (TPSA) is 41.7 Å². The Morgan fingerprint density at radius 3 is 1.97 bits per heavy atom. The molecule has 5 rings (SSSR count). The van der Waals surface area contributed by atoms with Crippen LogP contribution in [0.2, 0.25) is 0 Å². The minimum absolute atomic E-state index is 0.186. The van der Waals surface area contributed by atoms with Gasteiger partial charge < -0.3 is 14.8 Å². The number of piperazine rings is 1. The third-order valence-electron chi connectivity index (χ3n) is 6.92. The van der Waals surface area contributed by atoms with Crippen molar-refractivity contribution in [2.75, 3.05) is 26.2 Å². The standard InChI is InChI=1S/C28H29N3O/c1-21-25(28(32)24-14-8-9-15-26(24)29-21)20-30-16-18-31(19-17-30)27(22-10-4-2-5-11-22)23-12-6-3-7-13-23/h2-15,27H,16-20H2,1H3,(H,29,32)/p+2. The normalized spacial score (nSPS) is 18.8. The highest BCUT2D eigenvalue weighted by atomic mass is 16.1. The highest BCUT2D eigenvalue weighted by molar-refractivity contribution is 5.79. The third-order valence-corrected chi connectivity index (χ3v) is 6.92. The highest BCUT2D eigenvalue weighted by Crippen LogP contribution is 2.19. The first-order valence-electron chi connectivity index (χ1n) is 11.6. The number of aromatic nitrogens is 1. The van der Waals surface area contributed by atoms with Crippen LogP contribution in [0.4, 0.5) is 0 Å².